The fourth-order valence-electron chi connectivity index (χ4n) is 2.43. The van der Waals surface area contributed by atoms with Crippen LogP contribution in [0.25, 0.3) is 0 Å². The SMILES string of the molecule is CC1(C)CCC(c2ncc(C(=O)O)c(N)n2)CC1. The van der Waals surface area contributed by atoms with E-state index in [2.05, 4.69) is 23.8 Å². The van der Waals surface area contributed by atoms with Crippen LogP contribution in [0.5, 0.6) is 0 Å². The van der Waals surface area contributed by atoms with E-state index in [0.29, 0.717) is 17.2 Å². The normalized spacial score (nSPS) is 19.7. The molecule has 18 heavy (non-hydrogen) atoms. The van der Waals surface area contributed by atoms with Gasteiger partial charge in [0.1, 0.15) is 17.2 Å². The second-order valence-corrected chi connectivity index (χ2v) is 5.77. The summed E-state index contributed by atoms with van der Waals surface area (Å²) in [4.78, 5) is 19.1. The van der Waals surface area contributed by atoms with Crippen LogP contribution in [0, 0.1) is 5.41 Å². The predicted octanol–water partition coefficient (Wildman–Crippen LogP) is 2.44. The maximum atomic E-state index is 10.8. The molecular weight excluding hydrogens is 230 g/mol. The molecule has 0 unspecified atom stereocenters. The van der Waals surface area contributed by atoms with Gasteiger partial charge in [-0.3, -0.25) is 0 Å². The minimum Gasteiger partial charge on any atom is -0.477 e. The number of hydrogen-bond acceptors (Lipinski definition) is 4. The van der Waals surface area contributed by atoms with Crippen molar-refractivity contribution in [3.8, 4) is 0 Å². The third-order valence-corrected chi connectivity index (χ3v) is 3.77. The lowest BCUT2D eigenvalue weighted by Gasteiger charge is -2.33. The van der Waals surface area contributed by atoms with Crippen LogP contribution in [0.15, 0.2) is 6.20 Å². The molecule has 1 aromatic heterocycles. The Labute approximate surface area is 106 Å². The van der Waals surface area contributed by atoms with Crippen molar-refractivity contribution in [3.63, 3.8) is 0 Å². The number of aromatic nitrogens is 2. The number of nitrogens with zero attached hydrogens (tertiary/aromatic N) is 2. The summed E-state index contributed by atoms with van der Waals surface area (Å²) in [6.07, 6.45) is 5.68. The lowest BCUT2D eigenvalue weighted by atomic mass is 9.73. The van der Waals surface area contributed by atoms with Gasteiger partial charge in [0.25, 0.3) is 0 Å². The number of anilines is 1. The minimum atomic E-state index is -1.08. The van der Waals surface area contributed by atoms with E-state index in [1.54, 1.807) is 0 Å². The van der Waals surface area contributed by atoms with Crippen LogP contribution in [0.1, 0.15) is 61.6 Å². The van der Waals surface area contributed by atoms with Crippen LogP contribution >= 0.6 is 0 Å². The number of carboxylic acid groups (broad SMARTS) is 1. The zero-order valence-electron chi connectivity index (χ0n) is 10.8. The topological polar surface area (TPSA) is 89.1 Å². The number of nitrogen functional groups attached to an aromatic ring is 1. The lowest BCUT2D eigenvalue weighted by Crippen LogP contribution is -2.22. The first-order valence-electron chi connectivity index (χ1n) is 6.25. The van der Waals surface area contributed by atoms with E-state index < -0.39 is 5.97 Å². The summed E-state index contributed by atoms with van der Waals surface area (Å²) in [6, 6.07) is 0. The molecule has 0 aromatic carbocycles. The third-order valence-electron chi connectivity index (χ3n) is 3.77. The van der Waals surface area contributed by atoms with Crippen molar-refractivity contribution in [2.24, 2.45) is 5.41 Å². The molecule has 5 nitrogen and oxygen atoms in total. The molecule has 0 spiro atoms. The Kier molecular flexibility index (Phi) is 3.24. The van der Waals surface area contributed by atoms with Crippen LogP contribution < -0.4 is 5.73 Å². The summed E-state index contributed by atoms with van der Waals surface area (Å²) >= 11 is 0. The first kappa shape index (κ1) is 12.8. The highest BCUT2D eigenvalue weighted by Gasteiger charge is 2.29. The molecule has 1 aliphatic rings. The molecule has 1 saturated carbocycles. The van der Waals surface area contributed by atoms with Crippen molar-refractivity contribution in [1.82, 2.24) is 9.97 Å². The average molecular weight is 249 g/mol. The molecule has 98 valence electrons. The fraction of sp³-hybridized carbons (Fsp3) is 0.615. The largest absolute Gasteiger partial charge is 0.477 e. The highest BCUT2D eigenvalue weighted by atomic mass is 16.4. The van der Waals surface area contributed by atoms with E-state index in [4.69, 9.17) is 10.8 Å². The van der Waals surface area contributed by atoms with Crippen LogP contribution in [-0.2, 0) is 0 Å². The summed E-state index contributed by atoms with van der Waals surface area (Å²) in [5.41, 5.74) is 6.02. The van der Waals surface area contributed by atoms with Gasteiger partial charge >= 0.3 is 5.97 Å². The fourth-order valence-corrected chi connectivity index (χ4v) is 2.43. The molecule has 2 rings (SSSR count). The molecule has 0 saturated heterocycles. The number of carbonyl (C=O) groups is 1. The van der Waals surface area contributed by atoms with Crippen molar-refractivity contribution in [3.05, 3.63) is 17.6 Å². The van der Waals surface area contributed by atoms with Gasteiger partial charge in [-0.2, -0.15) is 0 Å². The van der Waals surface area contributed by atoms with Crippen LogP contribution in [0.4, 0.5) is 5.82 Å². The van der Waals surface area contributed by atoms with Crippen LogP contribution in [0.2, 0.25) is 0 Å². The van der Waals surface area contributed by atoms with Gasteiger partial charge in [0.05, 0.1) is 0 Å². The lowest BCUT2D eigenvalue weighted by molar-refractivity contribution is 0.0697. The summed E-state index contributed by atoms with van der Waals surface area (Å²) in [7, 11) is 0. The Morgan fingerprint density at radius 2 is 2.06 bits per heavy atom. The van der Waals surface area contributed by atoms with Gasteiger partial charge in [0.15, 0.2) is 0 Å². The monoisotopic (exact) mass is 249 g/mol. The highest BCUT2D eigenvalue weighted by Crippen LogP contribution is 2.41. The number of rotatable bonds is 2. The molecule has 1 fully saturated rings. The van der Waals surface area contributed by atoms with Crippen LogP contribution in [0.3, 0.4) is 0 Å². The molecule has 1 aliphatic carbocycles. The predicted molar refractivity (Wildman–Crippen MR) is 68.4 cm³/mol. The number of hydrogen-bond donors (Lipinski definition) is 2. The molecule has 0 aliphatic heterocycles. The summed E-state index contributed by atoms with van der Waals surface area (Å²) in [5, 5.41) is 8.88. The second kappa shape index (κ2) is 4.55. The molecule has 1 heterocycles. The minimum absolute atomic E-state index is 0.0186. The highest BCUT2D eigenvalue weighted by molar-refractivity contribution is 5.92. The van der Waals surface area contributed by atoms with E-state index in [9.17, 15) is 4.79 Å². The maximum absolute atomic E-state index is 10.8. The van der Waals surface area contributed by atoms with Gasteiger partial charge in [-0.05, 0) is 31.1 Å². The Balaban J connectivity index is 2.16. The number of nitrogens with two attached hydrogens (primary N) is 1. The summed E-state index contributed by atoms with van der Waals surface area (Å²) < 4.78 is 0. The summed E-state index contributed by atoms with van der Waals surface area (Å²) in [5.74, 6) is -0.0164. The van der Waals surface area contributed by atoms with Crippen molar-refractivity contribution in [1.29, 1.82) is 0 Å². The molecule has 0 radical (unpaired) electrons. The van der Waals surface area contributed by atoms with Gasteiger partial charge < -0.3 is 10.8 Å². The molecule has 3 N–H and O–H groups in total. The molecular formula is C13H19N3O2. The van der Waals surface area contributed by atoms with Crippen molar-refractivity contribution in [2.75, 3.05) is 5.73 Å². The number of carboxylic acids is 1. The zero-order valence-corrected chi connectivity index (χ0v) is 10.8. The Bertz CT molecular complexity index is 461. The van der Waals surface area contributed by atoms with Crippen molar-refractivity contribution >= 4 is 11.8 Å². The average Bonchev–Trinajstić information content (AvgIpc) is 2.28. The van der Waals surface area contributed by atoms with Gasteiger partial charge in [0.2, 0.25) is 0 Å². The second-order valence-electron chi connectivity index (χ2n) is 5.77. The Morgan fingerprint density at radius 1 is 1.44 bits per heavy atom. The van der Waals surface area contributed by atoms with E-state index in [-0.39, 0.29) is 11.4 Å². The first-order chi connectivity index (χ1) is 8.39. The molecule has 0 bridgehead atoms. The Hall–Kier alpha value is -1.65. The molecule has 5 heteroatoms. The maximum Gasteiger partial charge on any atom is 0.341 e. The van der Waals surface area contributed by atoms with Crippen molar-refractivity contribution in [2.45, 2.75) is 45.4 Å². The first-order valence-corrected chi connectivity index (χ1v) is 6.25. The quantitative estimate of drug-likeness (QED) is 0.840. The Morgan fingerprint density at radius 3 is 2.56 bits per heavy atom. The molecule has 1 aromatic rings. The van der Waals surface area contributed by atoms with Gasteiger partial charge in [-0.25, -0.2) is 14.8 Å². The standard InChI is InChI=1S/C13H19N3O2/c1-13(2)5-3-8(4-6-13)11-15-7-9(12(17)18)10(14)16-11/h7-8H,3-6H2,1-2H3,(H,17,18)(H2,14,15,16). The summed E-state index contributed by atoms with van der Waals surface area (Å²) in [6.45, 7) is 4.54. The van der Waals surface area contributed by atoms with Gasteiger partial charge in [-0.15, -0.1) is 0 Å². The van der Waals surface area contributed by atoms with Gasteiger partial charge in [0, 0.05) is 12.1 Å². The van der Waals surface area contributed by atoms with Crippen LogP contribution in [-0.4, -0.2) is 21.0 Å². The van der Waals surface area contributed by atoms with E-state index >= 15 is 0 Å². The number of aromatic carboxylic acids is 1. The van der Waals surface area contributed by atoms with Crippen molar-refractivity contribution < 1.29 is 9.90 Å². The van der Waals surface area contributed by atoms with E-state index in [1.165, 1.54) is 6.20 Å². The molecule has 0 atom stereocenters. The zero-order chi connectivity index (χ0) is 13.3. The molecule has 0 amide bonds. The smallest absolute Gasteiger partial charge is 0.341 e. The van der Waals surface area contributed by atoms with E-state index in [0.717, 1.165) is 25.7 Å². The van der Waals surface area contributed by atoms with E-state index in [1.807, 2.05) is 0 Å². The third kappa shape index (κ3) is 2.60. The van der Waals surface area contributed by atoms with Gasteiger partial charge in [-0.1, -0.05) is 13.8 Å².